The van der Waals surface area contributed by atoms with Gasteiger partial charge >= 0.3 is 0 Å². The van der Waals surface area contributed by atoms with E-state index in [1.807, 2.05) is 40.0 Å². The Morgan fingerprint density at radius 1 is 1.43 bits per heavy atom. The molecular formula is C18H22ClN3O. The van der Waals surface area contributed by atoms with Crippen LogP contribution in [0.15, 0.2) is 18.2 Å². The van der Waals surface area contributed by atoms with Crippen molar-refractivity contribution in [2.75, 3.05) is 5.32 Å². The zero-order chi connectivity index (χ0) is 16.9. The van der Waals surface area contributed by atoms with E-state index in [2.05, 4.69) is 23.4 Å². The van der Waals surface area contributed by atoms with Gasteiger partial charge in [0.2, 0.25) is 0 Å². The molecule has 4 nitrogen and oxygen atoms in total. The van der Waals surface area contributed by atoms with E-state index >= 15 is 0 Å². The average Bonchev–Trinajstić information content (AvgIpc) is 2.84. The summed E-state index contributed by atoms with van der Waals surface area (Å²) < 4.78 is 1.73. The number of anilines is 1. The minimum Gasteiger partial charge on any atom is -0.322 e. The molecule has 1 aromatic carbocycles. The van der Waals surface area contributed by atoms with Gasteiger partial charge in [-0.2, -0.15) is 5.10 Å². The lowest BCUT2D eigenvalue weighted by Crippen LogP contribution is -2.16. The Bertz CT molecular complexity index is 792. The van der Waals surface area contributed by atoms with Gasteiger partial charge in [0.05, 0.1) is 16.1 Å². The number of amides is 1. The third kappa shape index (κ3) is 2.55. The van der Waals surface area contributed by atoms with E-state index in [0.29, 0.717) is 11.5 Å². The molecule has 0 spiro atoms. The number of nitrogens with one attached hydrogen (secondary N) is 1. The molecule has 2 atom stereocenters. The van der Waals surface area contributed by atoms with Crippen LogP contribution in [0.5, 0.6) is 0 Å². The fourth-order valence-electron chi connectivity index (χ4n) is 3.73. The summed E-state index contributed by atoms with van der Waals surface area (Å²) in [7, 11) is 1.85. The van der Waals surface area contributed by atoms with Crippen molar-refractivity contribution in [1.82, 2.24) is 9.78 Å². The maximum Gasteiger partial charge on any atom is 0.259 e. The second-order valence-electron chi connectivity index (χ2n) is 6.69. The van der Waals surface area contributed by atoms with Crippen molar-refractivity contribution in [3.63, 3.8) is 0 Å². The van der Waals surface area contributed by atoms with E-state index in [1.54, 1.807) is 4.68 Å². The van der Waals surface area contributed by atoms with Crippen LogP contribution in [0, 0.1) is 13.8 Å². The monoisotopic (exact) mass is 331 g/mol. The first kappa shape index (κ1) is 16.1. The zero-order valence-electron chi connectivity index (χ0n) is 14.2. The van der Waals surface area contributed by atoms with Crippen LogP contribution < -0.4 is 5.32 Å². The maximum absolute atomic E-state index is 12.7. The SMILES string of the molecule is Cc1nn(C)c(C)c1C(=O)Nc1cccc2c1C(C)CC2(C)Cl. The summed E-state index contributed by atoms with van der Waals surface area (Å²) >= 11 is 6.65. The summed E-state index contributed by atoms with van der Waals surface area (Å²) in [5, 5.41) is 7.39. The minimum atomic E-state index is -0.365. The van der Waals surface area contributed by atoms with Crippen LogP contribution in [0.3, 0.4) is 0 Å². The second-order valence-corrected chi connectivity index (χ2v) is 7.53. The molecule has 1 aliphatic carbocycles. The van der Waals surface area contributed by atoms with E-state index < -0.39 is 0 Å². The molecule has 2 unspecified atom stereocenters. The Labute approximate surface area is 141 Å². The molecule has 0 aliphatic heterocycles. The molecule has 1 aliphatic rings. The molecule has 3 rings (SSSR count). The summed E-state index contributed by atoms with van der Waals surface area (Å²) in [6, 6.07) is 5.96. The molecule has 1 amide bonds. The predicted octanol–water partition coefficient (Wildman–Crippen LogP) is 4.25. The van der Waals surface area contributed by atoms with Gasteiger partial charge in [0, 0.05) is 18.4 Å². The van der Waals surface area contributed by atoms with Crippen molar-refractivity contribution < 1.29 is 4.79 Å². The molecule has 0 saturated heterocycles. The third-order valence-electron chi connectivity index (χ3n) is 4.83. The average molecular weight is 332 g/mol. The molecule has 0 radical (unpaired) electrons. The Balaban J connectivity index is 1.99. The molecule has 1 heterocycles. The van der Waals surface area contributed by atoms with Crippen LogP contribution in [0.2, 0.25) is 0 Å². The van der Waals surface area contributed by atoms with Gasteiger partial charge in [-0.25, -0.2) is 0 Å². The van der Waals surface area contributed by atoms with Crippen LogP contribution in [0.4, 0.5) is 5.69 Å². The molecule has 0 bridgehead atoms. The summed E-state index contributed by atoms with van der Waals surface area (Å²) in [6.07, 6.45) is 0.877. The van der Waals surface area contributed by atoms with Crippen LogP contribution in [0.1, 0.15) is 59.1 Å². The number of fused-ring (bicyclic) bond motifs is 1. The predicted molar refractivity (Wildman–Crippen MR) is 93.3 cm³/mol. The first-order chi connectivity index (χ1) is 10.7. The lowest BCUT2D eigenvalue weighted by molar-refractivity contribution is 0.102. The second kappa shape index (κ2) is 5.38. The summed E-state index contributed by atoms with van der Waals surface area (Å²) in [6.45, 7) is 7.96. The Kier molecular flexibility index (Phi) is 3.75. The van der Waals surface area contributed by atoms with E-state index in [9.17, 15) is 4.79 Å². The van der Waals surface area contributed by atoms with Crippen molar-refractivity contribution in [2.45, 2.75) is 44.9 Å². The number of hydrogen-bond donors (Lipinski definition) is 1. The topological polar surface area (TPSA) is 46.9 Å². The largest absolute Gasteiger partial charge is 0.322 e. The van der Waals surface area contributed by atoms with Crippen molar-refractivity contribution in [2.24, 2.45) is 7.05 Å². The quantitative estimate of drug-likeness (QED) is 0.836. The Morgan fingerprint density at radius 2 is 2.13 bits per heavy atom. The Hall–Kier alpha value is -1.81. The van der Waals surface area contributed by atoms with Crippen LogP contribution in [0.25, 0.3) is 0 Å². The van der Waals surface area contributed by atoms with E-state index in [1.165, 1.54) is 0 Å². The minimum absolute atomic E-state index is 0.114. The summed E-state index contributed by atoms with van der Waals surface area (Å²) in [5.41, 5.74) is 5.37. The number of hydrogen-bond acceptors (Lipinski definition) is 2. The number of rotatable bonds is 2. The fraction of sp³-hybridized carbons (Fsp3) is 0.444. The Morgan fingerprint density at radius 3 is 2.74 bits per heavy atom. The number of carbonyl (C=O) groups is 1. The van der Waals surface area contributed by atoms with Crippen LogP contribution >= 0.6 is 11.6 Å². The van der Waals surface area contributed by atoms with Crippen LogP contribution in [-0.4, -0.2) is 15.7 Å². The first-order valence-electron chi connectivity index (χ1n) is 7.86. The van der Waals surface area contributed by atoms with Crippen molar-refractivity contribution >= 4 is 23.2 Å². The number of alkyl halides is 1. The molecule has 1 aromatic heterocycles. The third-order valence-corrected chi connectivity index (χ3v) is 5.19. The summed E-state index contributed by atoms with van der Waals surface area (Å²) in [4.78, 5) is 12.4. The molecular weight excluding hydrogens is 310 g/mol. The maximum atomic E-state index is 12.7. The number of nitrogens with zero attached hydrogens (tertiary/aromatic N) is 2. The normalized spacial score (nSPS) is 23.0. The van der Waals surface area contributed by atoms with Crippen LogP contribution in [-0.2, 0) is 11.9 Å². The molecule has 2 aromatic rings. The molecule has 0 saturated carbocycles. The molecule has 1 N–H and O–H groups in total. The number of benzene rings is 1. The van der Waals surface area contributed by atoms with Crippen molar-refractivity contribution in [3.8, 4) is 0 Å². The van der Waals surface area contributed by atoms with E-state index in [-0.39, 0.29) is 10.8 Å². The molecule has 23 heavy (non-hydrogen) atoms. The highest BCUT2D eigenvalue weighted by molar-refractivity contribution is 6.24. The lowest BCUT2D eigenvalue weighted by atomic mass is 10.00. The number of aryl methyl sites for hydroxylation is 2. The van der Waals surface area contributed by atoms with Gasteiger partial charge in [0.15, 0.2) is 0 Å². The van der Waals surface area contributed by atoms with Gasteiger partial charge in [0.1, 0.15) is 0 Å². The van der Waals surface area contributed by atoms with Crippen molar-refractivity contribution in [1.29, 1.82) is 0 Å². The van der Waals surface area contributed by atoms with Gasteiger partial charge in [-0.1, -0.05) is 19.1 Å². The van der Waals surface area contributed by atoms with Gasteiger partial charge in [-0.15, -0.1) is 11.6 Å². The zero-order valence-corrected chi connectivity index (χ0v) is 15.0. The lowest BCUT2D eigenvalue weighted by Gasteiger charge is -2.17. The molecule has 0 fully saturated rings. The van der Waals surface area contributed by atoms with Gasteiger partial charge in [0.25, 0.3) is 5.91 Å². The van der Waals surface area contributed by atoms with Gasteiger partial charge in [-0.3, -0.25) is 9.48 Å². The number of halogens is 1. The van der Waals surface area contributed by atoms with E-state index in [4.69, 9.17) is 11.6 Å². The van der Waals surface area contributed by atoms with Gasteiger partial charge < -0.3 is 5.32 Å². The standard InChI is InChI=1S/C18H22ClN3O/c1-10-9-18(4,19)13-7-6-8-14(15(10)13)20-17(23)16-11(2)21-22(5)12(16)3/h6-8,10H,9H2,1-5H3,(H,20,23). The number of aromatic nitrogens is 2. The fourth-order valence-corrected chi connectivity index (χ4v) is 4.13. The summed E-state index contributed by atoms with van der Waals surface area (Å²) in [5.74, 6) is 0.206. The first-order valence-corrected chi connectivity index (χ1v) is 8.24. The highest BCUT2D eigenvalue weighted by atomic mass is 35.5. The van der Waals surface area contributed by atoms with Gasteiger partial charge in [-0.05, 0) is 50.3 Å². The molecule has 5 heteroatoms. The molecule has 122 valence electrons. The highest BCUT2D eigenvalue weighted by Crippen LogP contribution is 2.50. The van der Waals surface area contributed by atoms with Crippen molar-refractivity contribution in [3.05, 3.63) is 46.3 Å². The van der Waals surface area contributed by atoms with E-state index in [0.717, 1.165) is 34.6 Å². The highest BCUT2D eigenvalue weighted by Gasteiger charge is 2.38. The smallest absolute Gasteiger partial charge is 0.259 e. The number of carbonyl (C=O) groups excluding carboxylic acids is 1.